The zero-order chi connectivity index (χ0) is 21.9. The third-order valence-corrected chi connectivity index (χ3v) is 6.67. The second-order valence-electron chi connectivity index (χ2n) is 7.47. The predicted octanol–water partition coefficient (Wildman–Crippen LogP) is 1.69. The molecular weight excluding hydrogens is 414 g/mol. The average Bonchev–Trinajstić information content (AvgIpc) is 3.13. The summed E-state index contributed by atoms with van der Waals surface area (Å²) in [5.41, 5.74) is -0.384. The van der Waals surface area contributed by atoms with Crippen LogP contribution in [0.1, 0.15) is 25.6 Å². The van der Waals surface area contributed by atoms with Crippen molar-refractivity contribution in [3.8, 4) is 5.75 Å². The standard InChI is InChI=1S/C18H25N5O6S/c1-13(2)10-17-19-18(29-20-17)12-21-6-8-22(9-7-21)30(26,27)14-4-5-16(28-3)15(11-14)23(24)25/h4-5,11,13H,6-10,12H2,1-3H3. The monoisotopic (exact) mass is 439 g/mol. The minimum absolute atomic E-state index is 0.0140. The van der Waals surface area contributed by atoms with Gasteiger partial charge in [-0.05, 0) is 18.1 Å². The first-order chi connectivity index (χ1) is 14.2. The lowest BCUT2D eigenvalue weighted by atomic mass is 10.1. The van der Waals surface area contributed by atoms with Gasteiger partial charge in [0.05, 0.1) is 23.5 Å². The maximum atomic E-state index is 12.9. The number of benzene rings is 1. The van der Waals surface area contributed by atoms with E-state index >= 15 is 0 Å². The normalized spacial score (nSPS) is 16.1. The zero-order valence-corrected chi connectivity index (χ0v) is 18.0. The van der Waals surface area contributed by atoms with Gasteiger partial charge in [-0.25, -0.2) is 8.42 Å². The van der Waals surface area contributed by atoms with Crippen LogP contribution in [0.25, 0.3) is 0 Å². The van der Waals surface area contributed by atoms with E-state index in [-0.39, 0.29) is 29.4 Å². The van der Waals surface area contributed by atoms with Crippen LogP contribution in [0, 0.1) is 16.0 Å². The molecule has 0 spiro atoms. The summed E-state index contributed by atoms with van der Waals surface area (Å²) in [5, 5.41) is 15.2. The largest absolute Gasteiger partial charge is 0.490 e. The summed E-state index contributed by atoms with van der Waals surface area (Å²) in [6, 6.07) is 3.66. The van der Waals surface area contributed by atoms with Crippen LogP contribution in [-0.4, -0.2) is 66.0 Å². The quantitative estimate of drug-likeness (QED) is 0.445. The Hall–Kier alpha value is -2.57. The molecule has 0 unspecified atom stereocenters. The number of ether oxygens (including phenoxy) is 1. The minimum atomic E-state index is -3.85. The van der Waals surface area contributed by atoms with Crippen molar-refractivity contribution in [1.82, 2.24) is 19.3 Å². The Labute approximate surface area is 174 Å². The van der Waals surface area contributed by atoms with Gasteiger partial charge >= 0.3 is 5.69 Å². The predicted molar refractivity (Wildman–Crippen MR) is 107 cm³/mol. The molecule has 164 valence electrons. The van der Waals surface area contributed by atoms with Gasteiger partial charge < -0.3 is 9.26 Å². The van der Waals surface area contributed by atoms with Crippen molar-refractivity contribution in [1.29, 1.82) is 0 Å². The van der Waals surface area contributed by atoms with Gasteiger partial charge in [0.25, 0.3) is 0 Å². The highest BCUT2D eigenvalue weighted by molar-refractivity contribution is 7.89. The fraction of sp³-hybridized carbons (Fsp3) is 0.556. The molecule has 12 heteroatoms. The zero-order valence-electron chi connectivity index (χ0n) is 17.1. The Morgan fingerprint density at radius 3 is 2.57 bits per heavy atom. The first kappa shape index (κ1) is 22.1. The highest BCUT2D eigenvalue weighted by Crippen LogP contribution is 2.30. The molecule has 11 nitrogen and oxygen atoms in total. The second kappa shape index (κ2) is 9.06. The van der Waals surface area contributed by atoms with Crippen molar-refractivity contribution < 1.29 is 22.6 Å². The lowest BCUT2D eigenvalue weighted by Crippen LogP contribution is -2.48. The lowest BCUT2D eigenvalue weighted by molar-refractivity contribution is -0.386. The maximum absolute atomic E-state index is 12.9. The van der Waals surface area contributed by atoms with E-state index in [1.165, 1.54) is 23.5 Å². The van der Waals surface area contributed by atoms with E-state index in [1.807, 2.05) is 4.90 Å². The molecule has 0 amide bonds. The number of nitro benzene ring substituents is 1. The second-order valence-corrected chi connectivity index (χ2v) is 9.41. The van der Waals surface area contributed by atoms with E-state index in [1.54, 1.807) is 0 Å². The number of nitrogens with zero attached hydrogens (tertiary/aromatic N) is 5. The summed E-state index contributed by atoms with van der Waals surface area (Å²) < 4.78 is 37.4. The Morgan fingerprint density at radius 1 is 1.27 bits per heavy atom. The van der Waals surface area contributed by atoms with Crippen LogP contribution >= 0.6 is 0 Å². The molecule has 1 aromatic heterocycles. The highest BCUT2D eigenvalue weighted by atomic mass is 32.2. The Bertz CT molecular complexity index is 998. The van der Waals surface area contributed by atoms with E-state index < -0.39 is 14.9 Å². The van der Waals surface area contributed by atoms with E-state index in [0.29, 0.717) is 37.3 Å². The number of hydrogen-bond donors (Lipinski definition) is 0. The molecule has 1 aliphatic rings. The molecule has 0 saturated carbocycles. The maximum Gasteiger partial charge on any atom is 0.312 e. The number of sulfonamides is 1. The van der Waals surface area contributed by atoms with Crippen LogP contribution < -0.4 is 4.74 Å². The first-order valence-corrected chi connectivity index (χ1v) is 11.0. The summed E-state index contributed by atoms with van der Waals surface area (Å²) in [6.07, 6.45) is 0.740. The molecule has 1 fully saturated rings. The van der Waals surface area contributed by atoms with E-state index in [4.69, 9.17) is 9.26 Å². The van der Waals surface area contributed by atoms with Crippen LogP contribution in [0.2, 0.25) is 0 Å². The molecule has 0 bridgehead atoms. The summed E-state index contributed by atoms with van der Waals surface area (Å²) in [4.78, 5) is 16.8. The highest BCUT2D eigenvalue weighted by Gasteiger charge is 2.31. The lowest BCUT2D eigenvalue weighted by Gasteiger charge is -2.33. The molecule has 2 aromatic rings. The summed E-state index contributed by atoms with van der Waals surface area (Å²) in [7, 11) is -2.56. The summed E-state index contributed by atoms with van der Waals surface area (Å²) in [5.74, 6) is 1.62. The van der Waals surface area contributed by atoms with Crippen molar-refractivity contribution in [2.45, 2.75) is 31.7 Å². The third kappa shape index (κ3) is 4.94. The van der Waals surface area contributed by atoms with Crippen molar-refractivity contribution in [2.75, 3.05) is 33.3 Å². The Kier molecular flexibility index (Phi) is 6.68. The van der Waals surface area contributed by atoms with Gasteiger partial charge in [0, 0.05) is 38.7 Å². The molecule has 1 aromatic carbocycles. The number of methoxy groups -OCH3 is 1. The van der Waals surface area contributed by atoms with E-state index in [2.05, 4.69) is 24.0 Å². The minimum Gasteiger partial charge on any atom is -0.490 e. The van der Waals surface area contributed by atoms with Crippen LogP contribution in [0.3, 0.4) is 0 Å². The number of nitro groups is 1. The van der Waals surface area contributed by atoms with Gasteiger partial charge in [0.15, 0.2) is 11.6 Å². The molecule has 0 radical (unpaired) electrons. The van der Waals surface area contributed by atoms with Crippen molar-refractivity contribution in [2.24, 2.45) is 5.92 Å². The number of aromatic nitrogens is 2. The van der Waals surface area contributed by atoms with Gasteiger partial charge in [-0.2, -0.15) is 9.29 Å². The van der Waals surface area contributed by atoms with Crippen LogP contribution in [-0.2, 0) is 23.0 Å². The fourth-order valence-corrected chi connectivity index (χ4v) is 4.69. The molecule has 1 saturated heterocycles. The molecule has 2 heterocycles. The molecule has 1 aliphatic heterocycles. The van der Waals surface area contributed by atoms with Crippen LogP contribution in [0.4, 0.5) is 5.69 Å². The first-order valence-electron chi connectivity index (χ1n) is 9.57. The molecule has 0 aliphatic carbocycles. The van der Waals surface area contributed by atoms with Crippen molar-refractivity contribution >= 4 is 15.7 Å². The number of hydrogen-bond acceptors (Lipinski definition) is 9. The summed E-state index contributed by atoms with van der Waals surface area (Å²) >= 11 is 0. The SMILES string of the molecule is COc1ccc(S(=O)(=O)N2CCN(Cc3nc(CC(C)C)no3)CC2)cc1[N+](=O)[O-]. The Morgan fingerprint density at radius 2 is 1.97 bits per heavy atom. The summed E-state index contributed by atoms with van der Waals surface area (Å²) in [6.45, 7) is 6.09. The fourth-order valence-electron chi connectivity index (χ4n) is 3.24. The molecule has 3 rings (SSSR count). The van der Waals surface area contributed by atoms with Crippen molar-refractivity contribution in [3.63, 3.8) is 0 Å². The van der Waals surface area contributed by atoms with Gasteiger partial charge in [-0.3, -0.25) is 15.0 Å². The van der Waals surface area contributed by atoms with Gasteiger partial charge in [0.1, 0.15) is 0 Å². The van der Waals surface area contributed by atoms with Crippen molar-refractivity contribution in [3.05, 3.63) is 40.0 Å². The average molecular weight is 439 g/mol. The van der Waals surface area contributed by atoms with Gasteiger partial charge in [-0.1, -0.05) is 19.0 Å². The van der Waals surface area contributed by atoms with Gasteiger partial charge in [-0.15, -0.1) is 0 Å². The van der Waals surface area contributed by atoms with Crippen LogP contribution in [0.15, 0.2) is 27.6 Å². The van der Waals surface area contributed by atoms with E-state index in [9.17, 15) is 18.5 Å². The molecule has 30 heavy (non-hydrogen) atoms. The smallest absolute Gasteiger partial charge is 0.312 e. The van der Waals surface area contributed by atoms with E-state index in [0.717, 1.165) is 12.5 Å². The topological polar surface area (TPSA) is 132 Å². The number of piperazine rings is 1. The molecule has 0 atom stereocenters. The number of rotatable bonds is 8. The third-order valence-electron chi connectivity index (χ3n) is 4.78. The van der Waals surface area contributed by atoms with Crippen LogP contribution in [0.5, 0.6) is 5.75 Å². The van der Waals surface area contributed by atoms with Gasteiger partial charge in [0.2, 0.25) is 15.9 Å². The Balaban J connectivity index is 1.64. The molecule has 0 N–H and O–H groups in total. The molecular formula is C18H25N5O6S.